The summed E-state index contributed by atoms with van der Waals surface area (Å²) in [4.78, 5) is 11.2. The van der Waals surface area contributed by atoms with Crippen molar-refractivity contribution >= 4 is 50.5 Å². The molecule has 64 valence electrons. The van der Waals surface area contributed by atoms with Crippen molar-refractivity contribution in [1.82, 2.24) is 0 Å². The second-order valence-electron chi connectivity index (χ2n) is 2.09. The largest absolute Gasteiger partial charge is 0.478 e. The number of carboxylic acid groups (broad SMARTS) is 1. The zero-order valence-corrected chi connectivity index (χ0v) is 9.78. The molecule has 0 saturated carbocycles. The van der Waals surface area contributed by atoms with Crippen LogP contribution in [0.2, 0.25) is 0 Å². The molecule has 0 aliphatic heterocycles. The summed E-state index contributed by atoms with van der Waals surface area (Å²) < 4.78 is 1.33. The highest BCUT2D eigenvalue weighted by atomic mass is 79.9. The highest BCUT2D eigenvalue weighted by Crippen LogP contribution is 2.30. The molecule has 0 saturated heterocycles. The fourth-order valence-electron chi connectivity index (χ4n) is 0.689. The van der Waals surface area contributed by atoms with Crippen LogP contribution in [0.1, 0.15) is 10.4 Å². The number of benzene rings is 1. The summed E-state index contributed by atoms with van der Waals surface area (Å²) in [5.41, 5.74) is 0.228. The lowest BCUT2D eigenvalue weighted by molar-refractivity contribution is 0.0696. The Balaban J connectivity index is 3.31. The molecule has 0 atom stereocenters. The molecule has 0 radical (unpaired) electrons. The topological polar surface area (TPSA) is 37.3 Å². The first-order valence-corrected chi connectivity index (χ1v) is 4.97. The van der Waals surface area contributed by atoms with Crippen LogP contribution in [0, 0.1) is 0 Å². The average Bonchev–Trinajstić information content (AvgIpc) is 1.99. The summed E-state index contributed by atoms with van der Waals surface area (Å²) in [6.45, 7) is 0. The molecule has 0 amide bonds. The predicted molar refractivity (Wildman–Crippen MR) is 56.1 cm³/mol. The van der Waals surface area contributed by atoms with Crippen LogP contribution in [0.5, 0.6) is 0 Å². The van der Waals surface area contributed by atoms with E-state index in [1.165, 1.54) is 12.1 Å². The summed E-state index contributed by atoms with van der Waals surface area (Å²) in [7, 11) is 0. The van der Waals surface area contributed by atoms with Crippen LogP contribution in [0.3, 0.4) is 0 Å². The molecule has 1 aromatic carbocycles. The Labute approximate surface area is 91.6 Å². The van der Waals surface area contributed by atoms with Gasteiger partial charge in [-0.05, 0) is 44.0 Å². The van der Waals surface area contributed by atoms with Crippen molar-refractivity contribution < 1.29 is 9.90 Å². The van der Waals surface area contributed by atoms with Gasteiger partial charge in [-0.2, -0.15) is 0 Å². The van der Waals surface area contributed by atoms with Crippen molar-refractivity contribution in [3.63, 3.8) is 0 Å². The molecule has 0 aliphatic rings. The Morgan fingerprint density at radius 3 is 2.08 bits per heavy atom. The van der Waals surface area contributed by atoms with Crippen molar-refractivity contribution in [2.24, 2.45) is 0 Å². The van der Waals surface area contributed by atoms with E-state index in [2.05, 4.69) is 44.5 Å². The lowest BCUT2D eigenvalue weighted by Gasteiger charge is -2.01. The number of halogens is 2. The van der Waals surface area contributed by atoms with Crippen molar-refractivity contribution in [2.75, 3.05) is 0 Å². The number of aromatic carboxylic acids is 1. The van der Waals surface area contributed by atoms with Crippen LogP contribution in [0.4, 0.5) is 0 Å². The number of carboxylic acids is 1. The maximum absolute atomic E-state index is 10.6. The Morgan fingerprint density at radius 1 is 1.33 bits per heavy atom. The van der Waals surface area contributed by atoms with Gasteiger partial charge in [-0.15, -0.1) is 12.6 Å². The lowest BCUT2D eigenvalue weighted by Crippen LogP contribution is -1.96. The van der Waals surface area contributed by atoms with Gasteiger partial charge in [0.2, 0.25) is 0 Å². The molecule has 0 spiro atoms. The van der Waals surface area contributed by atoms with Crippen LogP contribution >= 0.6 is 44.5 Å². The van der Waals surface area contributed by atoms with Crippen molar-refractivity contribution in [3.8, 4) is 0 Å². The minimum atomic E-state index is -0.954. The van der Waals surface area contributed by atoms with E-state index in [1.807, 2.05) is 0 Å². The maximum Gasteiger partial charge on any atom is 0.335 e. The van der Waals surface area contributed by atoms with Crippen molar-refractivity contribution in [3.05, 3.63) is 26.6 Å². The minimum absolute atomic E-state index is 0.228. The number of hydrogen-bond acceptors (Lipinski definition) is 2. The van der Waals surface area contributed by atoms with Crippen LogP contribution in [-0.4, -0.2) is 11.1 Å². The van der Waals surface area contributed by atoms with E-state index in [1.54, 1.807) is 0 Å². The number of thiol groups is 1. The van der Waals surface area contributed by atoms with Gasteiger partial charge in [0.15, 0.2) is 0 Å². The molecule has 1 rings (SSSR count). The van der Waals surface area contributed by atoms with Gasteiger partial charge in [-0.3, -0.25) is 0 Å². The van der Waals surface area contributed by atoms with Crippen molar-refractivity contribution in [2.45, 2.75) is 4.90 Å². The Morgan fingerprint density at radius 2 is 1.75 bits per heavy atom. The zero-order chi connectivity index (χ0) is 9.30. The van der Waals surface area contributed by atoms with E-state index in [4.69, 9.17) is 5.11 Å². The summed E-state index contributed by atoms with van der Waals surface area (Å²) in [6.07, 6.45) is 0. The molecule has 0 fully saturated rings. The first-order chi connectivity index (χ1) is 5.52. The Kier molecular flexibility index (Phi) is 3.20. The Hall–Kier alpha value is -0.000000000000000111. The molecule has 0 heterocycles. The maximum atomic E-state index is 10.6. The molecule has 12 heavy (non-hydrogen) atoms. The monoisotopic (exact) mass is 310 g/mol. The molecule has 0 bridgehead atoms. The minimum Gasteiger partial charge on any atom is -0.478 e. The smallest absolute Gasteiger partial charge is 0.335 e. The molecule has 1 N–H and O–H groups in total. The summed E-state index contributed by atoms with van der Waals surface area (Å²) in [5.74, 6) is -0.954. The molecule has 1 aromatic rings. The second-order valence-corrected chi connectivity index (χ2v) is 4.25. The van der Waals surface area contributed by atoms with Crippen LogP contribution in [-0.2, 0) is 0 Å². The van der Waals surface area contributed by atoms with E-state index < -0.39 is 5.97 Å². The van der Waals surface area contributed by atoms with E-state index in [0.29, 0.717) is 13.8 Å². The van der Waals surface area contributed by atoms with Gasteiger partial charge < -0.3 is 5.11 Å². The number of rotatable bonds is 1. The molecule has 0 aliphatic carbocycles. The zero-order valence-electron chi connectivity index (χ0n) is 5.71. The van der Waals surface area contributed by atoms with Gasteiger partial charge in [0.1, 0.15) is 0 Å². The number of carbonyl (C=O) groups is 1. The van der Waals surface area contributed by atoms with Gasteiger partial charge in [0.25, 0.3) is 0 Å². The van der Waals surface area contributed by atoms with Gasteiger partial charge in [-0.25, -0.2) is 4.79 Å². The normalized spacial score (nSPS) is 9.92. The van der Waals surface area contributed by atoms with Crippen LogP contribution in [0.15, 0.2) is 26.0 Å². The van der Waals surface area contributed by atoms with Gasteiger partial charge in [0.05, 0.1) is 5.56 Å². The SMILES string of the molecule is O=C(O)c1cc(Br)c(S)c(Br)c1. The molecular formula is C7H4Br2O2S. The standard InChI is InChI=1S/C7H4Br2O2S/c8-4-1-3(7(10)11)2-5(9)6(4)12/h1-2,12H,(H,10,11). The van der Waals surface area contributed by atoms with Gasteiger partial charge >= 0.3 is 5.97 Å². The third-order valence-electron chi connectivity index (χ3n) is 1.26. The van der Waals surface area contributed by atoms with E-state index in [0.717, 1.165) is 0 Å². The fraction of sp³-hybridized carbons (Fsp3) is 0. The average molecular weight is 312 g/mol. The highest BCUT2D eigenvalue weighted by Gasteiger charge is 2.08. The molecule has 0 unspecified atom stereocenters. The first-order valence-electron chi connectivity index (χ1n) is 2.93. The molecule has 5 heteroatoms. The van der Waals surface area contributed by atoms with Crippen LogP contribution < -0.4 is 0 Å². The fourth-order valence-corrected chi connectivity index (χ4v) is 2.00. The van der Waals surface area contributed by atoms with E-state index >= 15 is 0 Å². The molecule has 0 aromatic heterocycles. The summed E-state index contributed by atoms with van der Waals surface area (Å²) in [6, 6.07) is 3.02. The third-order valence-corrected chi connectivity index (χ3v) is 3.61. The van der Waals surface area contributed by atoms with Crippen LogP contribution in [0.25, 0.3) is 0 Å². The molecule has 2 nitrogen and oxygen atoms in total. The predicted octanol–water partition coefficient (Wildman–Crippen LogP) is 3.20. The lowest BCUT2D eigenvalue weighted by atomic mass is 10.2. The third kappa shape index (κ3) is 2.02. The van der Waals surface area contributed by atoms with E-state index in [9.17, 15) is 4.79 Å². The summed E-state index contributed by atoms with van der Waals surface area (Å²) in [5, 5.41) is 8.66. The van der Waals surface area contributed by atoms with Crippen molar-refractivity contribution in [1.29, 1.82) is 0 Å². The molecular weight excluding hydrogens is 308 g/mol. The highest BCUT2D eigenvalue weighted by molar-refractivity contribution is 9.11. The number of hydrogen-bond donors (Lipinski definition) is 2. The summed E-state index contributed by atoms with van der Waals surface area (Å²) >= 11 is 10.5. The Bertz CT molecular complexity index is 315. The quantitative estimate of drug-likeness (QED) is 0.782. The second kappa shape index (κ2) is 3.81. The van der Waals surface area contributed by atoms with Gasteiger partial charge in [0, 0.05) is 13.8 Å². The van der Waals surface area contributed by atoms with Gasteiger partial charge in [-0.1, -0.05) is 0 Å². The first kappa shape index (κ1) is 10.1. The van der Waals surface area contributed by atoms with E-state index in [-0.39, 0.29) is 5.56 Å².